The summed E-state index contributed by atoms with van der Waals surface area (Å²) < 4.78 is 0. The topological polar surface area (TPSA) is 49.3 Å². The Morgan fingerprint density at radius 2 is 1.71 bits per heavy atom. The molecule has 2 aromatic carbocycles. The van der Waals surface area contributed by atoms with Crippen LogP contribution >= 0.6 is 0 Å². The number of amides is 1. The molecular formula is C23H24N4O. The van der Waals surface area contributed by atoms with Crippen LogP contribution in [0.2, 0.25) is 0 Å². The molecule has 1 aliphatic rings. The SMILES string of the molecule is Cc1cccc(CC(=O)N2CCN(c3cc(-c4ccccc4)ncn3)CC2)c1. The first kappa shape index (κ1) is 18.2. The molecule has 142 valence electrons. The van der Waals surface area contributed by atoms with Crippen LogP contribution in [0.25, 0.3) is 11.3 Å². The van der Waals surface area contributed by atoms with Crippen LogP contribution in [0, 0.1) is 6.92 Å². The summed E-state index contributed by atoms with van der Waals surface area (Å²) in [6.07, 6.45) is 2.08. The predicted octanol–water partition coefficient (Wildman–Crippen LogP) is 3.34. The van der Waals surface area contributed by atoms with Gasteiger partial charge in [0.1, 0.15) is 12.1 Å². The van der Waals surface area contributed by atoms with Crippen molar-refractivity contribution in [2.24, 2.45) is 0 Å². The van der Waals surface area contributed by atoms with Gasteiger partial charge in [-0.25, -0.2) is 9.97 Å². The molecule has 28 heavy (non-hydrogen) atoms. The monoisotopic (exact) mass is 372 g/mol. The van der Waals surface area contributed by atoms with Gasteiger partial charge in [-0.05, 0) is 12.5 Å². The molecule has 5 heteroatoms. The average Bonchev–Trinajstić information content (AvgIpc) is 2.75. The summed E-state index contributed by atoms with van der Waals surface area (Å²) >= 11 is 0. The Morgan fingerprint density at radius 1 is 0.929 bits per heavy atom. The van der Waals surface area contributed by atoms with Crippen molar-refractivity contribution in [3.8, 4) is 11.3 Å². The van der Waals surface area contributed by atoms with Crippen LogP contribution in [-0.2, 0) is 11.2 Å². The van der Waals surface area contributed by atoms with E-state index in [1.807, 2.05) is 53.4 Å². The fraction of sp³-hybridized carbons (Fsp3) is 0.261. The van der Waals surface area contributed by atoms with Crippen molar-refractivity contribution >= 4 is 11.7 Å². The normalized spacial score (nSPS) is 14.2. The van der Waals surface area contributed by atoms with Gasteiger partial charge in [0.25, 0.3) is 0 Å². The highest BCUT2D eigenvalue weighted by molar-refractivity contribution is 5.79. The summed E-state index contributed by atoms with van der Waals surface area (Å²) in [4.78, 5) is 25.7. The Kier molecular flexibility index (Phi) is 5.33. The summed E-state index contributed by atoms with van der Waals surface area (Å²) in [7, 11) is 0. The second kappa shape index (κ2) is 8.21. The number of nitrogens with zero attached hydrogens (tertiary/aromatic N) is 4. The van der Waals surface area contributed by atoms with Crippen LogP contribution in [0.1, 0.15) is 11.1 Å². The minimum absolute atomic E-state index is 0.193. The van der Waals surface area contributed by atoms with E-state index in [-0.39, 0.29) is 5.91 Å². The zero-order chi connectivity index (χ0) is 19.3. The lowest BCUT2D eigenvalue weighted by Gasteiger charge is -2.35. The molecule has 1 aromatic heterocycles. The lowest BCUT2D eigenvalue weighted by Crippen LogP contribution is -2.49. The molecule has 1 aliphatic heterocycles. The van der Waals surface area contributed by atoms with Crippen molar-refractivity contribution in [2.75, 3.05) is 31.1 Å². The molecule has 5 nitrogen and oxygen atoms in total. The molecule has 0 N–H and O–H groups in total. The fourth-order valence-corrected chi connectivity index (χ4v) is 3.58. The maximum Gasteiger partial charge on any atom is 0.227 e. The summed E-state index contributed by atoms with van der Waals surface area (Å²) in [6, 6.07) is 20.3. The number of piperazine rings is 1. The van der Waals surface area contributed by atoms with E-state index < -0.39 is 0 Å². The van der Waals surface area contributed by atoms with Crippen LogP contribution in [0.4, 0.5) is 5.82 Å². The first-order valence-electron chi connectivity index (χ1n) is 9.65. The molecule has 1 saturated heterocycles. The van der Waals surface area contributed by atoms with Crippen molar-refractivity contribution in [2.45, 2.75) is 13.3 Å². The van der Waals surface area contributed by atoms with E-state index >= 15 is 0 Å². The van der Waals surface area contributed by atoms with Crippen LogP contribution < -0.4 is 4.90 Å². The maximum absolute atomic E-state index is 12.6. The second-order valence-corrected chi connectivity index (χ2v) is 7.16. The Bertz CT molecular complexity index is 950. The highest BCUT2D eigenvalue weighted by atomic mass is 16.2. The Labute approximate surface area is 165 Å². The van der Waals surface area contributed by atoms with Gasteiger partial charge in [0.15, 0.2) is 0 Å². The first-order chi connectivity index (χ1) is 13.7. The quantitative estimate of drug-likeness (QED) is 0.705. The smallest absolute Gasteiger partial charge is 0.227 e. The molecule has 0 bridgehead atoms. The van der Waals surface area contributed by atoms with Crippen LogP contribution in [-0.4, -0.2) is 47.0 Å². The van der Waals surface area contributed by atoms with E-state index in [0.717, 1.165) is 48.8 Å². The van der Waals surface area contributed by atoms with Gasteiger partial charge in [-0.1, -0.05) is 60.2 Å². The third-order valence-corrected chi connectivity index (χ3v) is 5.12. The Morgan fingerprint density at radius 3 is 2.46 bits per heavy atom. The zero-order valence-corrected chi connectivity index (χ0v) is 16.1. The lowest BCUT2D eigenvalue weighted by atomic mass is 10.1. The molecule has 0 spiro atoms. The standard InChI is InChI=1S/C23H24N4O/c1-18-6-5-7-19(14-18)15-23(28)27-12-10-26(11-13-27)22-16-21(24-17-25-22)20-8-3-2-4-9-20/h2-9,14,16-17H,10-13,15H2,1H3. The van der Waals surface area contributed by atoms with E-state index in [2.05, 4.69) is 33.9 Å². The number of anilines is 1. The molecule has 4 rings (SSSR count). The van der Waals surface area contributed by atoms with Crippen molar-refractivity contribution in [1.82, 2.24) is 14.9 Å². The average molecular weight is 372 g/mol. The Balaban J connectivity index is 1.38. The number of aryl methyl sites for hydroxylation is 1. The van der Waals surface area contributed by atoms with Crippen LogP contribution in [0.15, 0.2) is 67.0 Å². The molecule has 0 aliphatic carbocycles. The van der Waals surface area contributed by atoms with Gasteiger partial charge in [-0.15, -0.1) is 0 Å². The molecule has 0 unspecified atom stereocenters. The third-order valence-electron chi connectivity index (χ3n) is 5.12. The molecule has 0 atom stereocenters. The van der Waals surface area contributed by atoms with Crippen molar-refractivity contribution in [1.29, 1.82) is 0 Å². The van der Waals surface area contributed by atoms with Gasteiger partial charge >= 0.3 is 0 Å². The van der Waals surface area contributed by atoms with E-state index in [9.17, 15) is 4.79 Å². The van der Waals surface area contributed by atoms with E-state index in [1.165, 1.54) is 5.56 Å². The fourth-order valence-electron chi connectivity index (χ4n) is 3.58. The van der Waals surface area contributed by atoms with Crippen molar-refractivity contribution in [3.63, 3.8) is 0 Å². The summed E-state index contributed by atoms with van der Waals surface area (Å²) in [5.74, 6) is 1.11. The van der Waals surface area contributed by atoms with Crippen molar-refractivity contribution < 1.29 is 4.79 Å². The number of hydrogen-bond donors (Lipinski definition) is 0. The summed E-state index contributed by atoms with van der Waals surface area (Å²) in [6.45, 7) is 5.05. The van der Waals surface area contributed by atoms with Gasteiger partial charge in [-0.2, -0.15) is 0 Å². The third kappa shape index (κ3) is 4.19. The number of carbonyl (C=O) groups excluding carboxylic acids is 1. The maximum atomic E-state index is 12.6. The van der Waals surface area contributed by atoms with Crippen LogP contribution in [0.3, 0.4) is 0 Å². The minimum atomic E-state index is 0.193. The zero-order valence-electron chi connectivity index (χ0n) is 16.1. The van der Waals surface area contributed by atoms with E-state index in [1.54, 1.807) is 6.33 Å². The Hall–Kier alpha value is -3.21. The molecule has 2 heterocycles. The largest absolute Gasteiger partial charge is 0.353 e. The highest BCUT2D eigenvalue weighted by Gasteiger charge is 2.22. The number of benzene rings is 2. The number of hydrogen-bond acceptors (Lipinski definition) is 4. The molecule has 0 radical (unpaired) electrons. The number of rotatable bonds is 4. The molecule has 0 saturated carbocycles. The van der Waals surface area contributed by atoms with Gasteiger partial charge in [0, 0.05) is 37.8 Å². The number of carbonyl (C=O) groups is 1. The molecule has 3 aromatic rings. The van der Waals surface area contributed by atoms with Gasteiger partial charge in [-0.3, -0.25) is 4.79 Å². The van der Waals surface area contributed by atoms with Gasteiger partial charge in [0.05, 0.1) is 12.1 Å². The molecule has 1 amide bonds. The predicted molar refractivity (Wildman–Crippen MR) is 111 cm³/mol. The molecular weight excluding hydrogens is 348 g/mol. The van der Waals surface area contributed by atoms with Gasteiger partial charge in [0.2, 0.25) is 5.91 Å². The first-order valence-corrected chi connectivity index (χ1v) is 9.65. The van der Waals surface area contributed by atoms with Crippen LogP contribution in [0.5, 0.6) is 0 Å². The van der Waals surface area contributed by atoms with E-state index in [4.69, 9.17) is 0 Å². The number of aromatic nitrogens is 2. The summed E-state index contributed by atoms with van der Waals surface area (Å²) in [5, 5.41) is 0. The summed E-state index contributed by atoms with van der Waals surface area (Å²) in [5.41, 5.74) is 4.27. The minimum Gasteiger partial charge on any atom is -0.353 e. The lowest BCUT2D eigenvalue weighted by molar-refractivity contribution is -0.130. The second-order valence-electron chi connectivity index (χ2n) is 7.16. The molecule has 1 fully saturated rings. The van der Waals surface area contributed by atoms with Gasteiger partial charge < -0.3 is 9.80 Å². The highest BCUT2D eigenvalue weighted by Crippen LogP contribution is 2.21. The van der Waals surface area contributed by atoms with E-state index in [0.29, 0.717) is 6.42 Å². The van der Waals surface area contributed by atoms with Crippen molar-refractivity contribution in [3.05, 3.63) is 78.1 Å².